The van der Waals surface area contributed by atoms with Crippen molar-refractivity contribution in [2.45, 2.75) is 18.6 Å². The molecule has 0 fully saturated rings. The molecule has 2 aromatic rings. The summed E-state index contributed by atoms with van der Waals surface area (Å²) in [5.41, 5.74) is 1.51. The van der Waals surface area contributed by atoms with E-state index in [1.54, 1.807) is 13.0 Å². The lowest BCUT2D eigenvalue weighted by Crippen LogP contribution is -2.07. The van der Waals surface area contributed by atoms with Crippen molar-refractivity contribution >= 4 is 17.5 Å². The van der Waals surface area contributed by atoms with Gasteiger partial charge in [0.2, 0.25) is 0 Å². The first kappa shape index (κ1) is 18.0. The Morgan fingerprint density at radius 1 is 1.38 bits per heavy atom. The summed E-state index contributed by atoms with van der Waals surface area (Å²) >= 11 is 1.04. The molecule has 24 heavy (non-hydrogen) atoms. The summed E-state index contributed by atoms with van der Waals surface area (Å²) in [4.78, 5) is 16.4. The second-order valence-electron chi connectivity index (χ2n) is 4.98. The van der Waals surface area contributed by atoms with Crippen molar-refractivity contribution in [1.82, 2.24) is 4.98 Å². The van der Waals surface area contributed by atoms with Crippen LogP contribution in [0.4, 0.5) is 8.78 Å². The average Bonchev–Trinajstić information content (AvgIpc) is 2.52. The Labute approximate surface area is 142 Å². The van der Waals surface area contributed by atoms with Gasteiger partial charge < -0.3 is 4.74 Å². The number of ketones is 1. The maximum absolute atomic E-state index is 13.6. The highest BCUT2D eigenvalue weighted by Crippen LogP contribution is 2.25. The molecule has 0 bridgehead atoms. The van der Waals surface area contributed by atoms with Crippen LogP contribution >= 0.6 is 11.8 Å². The largest absolute Gasteiger partial charge is 0.380 e. The van der Waals surface area contributed by atoms with Crippen LogP contribution in [0, 0.1) is 29.9 Å². The number of nitrogens with zero attached hydrogens (tertiary/aromatic N) is 2. The van der Waals surface area contributed by atoms with E-state index in [9.17, 15) is 18.8 Å². The van der Waals surface area contributed by atoms with E-state index < -0.39 is 17.4 Å². The molecule has 0 aliphatic rings. The molecule has 0 aliphatic heterocycles. The lowest BCUT2D eigenvalue weighted by atomic mass is 10.1. The topological polar surface area (TPSA) is 63.0 Å². The number of carbonyl (C=O) groups excluding carboxylic acids is 1. The van der Waals surface area contributed by atoms with Gasteiger partial charge in [0, 0.05) is 18.9 Å². The molecule has 0 spiro atoms. The lowest BCUT2D eigenvalue weighted by Gasteiger charge is -2.09. The third kappa shape index (κ3) is 4.16. The Balaban J connectivity index is 2.22. The summed E-state index contributed by atoms with van der Waals surface area (Å²) in [5.74, 6) is -2.26. The molecule has 0 aliphatic carbocycles. The number of carbonyl (C=O) groups is 1. The fraction of sp³-hybridized carbons (Fsp3) is 0.235. The smallest absolute Gasteiger partial charge is 0.176 e. The summed E-state index contributed by atoms with van der Waals surface area (Å²) in [6.07, 6.45) is 0. The molecular weight excluding hydrogens is 334 g/mol. The molecule has 1 aromatic heterocycles. The van der Waals surface area contributed by atoms with Gasteiger partial charge in [-0.3, -0.25) is 4.79 Å². The number of ether oxygens (including phenoxy) is 1. The molecule has 0 saturated carbocycles. The Hall–Kier alpha value is -2.30. The molecule has 1 heterocycles. The molecular formula is C17H14F2N2O2S. The predicted octanol–water partition coefficient (Wildman–Crippen LogP) is 3.66. The minimum Gasteiger partial charge on any atom is -0.380 e. The van der Waals surface area contributed by atoms with E-state index in [2.05, 4.69) is 11.1 Å². The second kappa shape index (κ2) is 7.99. The molecule has 0 unspecified atom stereocenters. The second-order valence-corrected chi connectivity index (χ2v) is 5.95. The van der Waals surface area contributed by atoms with Gasteiger partial charge in [0.15, 0.2) is 5.78 Å². The van der Waals surface area contributed by atoms with Crippen LogP contribution in [0.2, 0.25) is 0 Å². The SMILES string of the molecule is COCc1cc(C)nc(SCC(=O)c2ccc(F)cc2F)c1C#N. The number of pyridine rings is 1. The highest BCUT2D eigenvalue weighted by molar-refractivity contribution is 8.00. The first-order chi connectivity index (χ1) is 11.5. The summed E-state index contributed by atoms with van der Waals surface area (Å²) in [7, 11) is 1.52. The van der Waals surface area contributed by atoms with E-state index in [4.69, 9.17) is 4.74 Å². The average molecular weight is 348 g/mol. The number of aromatic nitrogens is 1. The molecule has 124 valence electrons. The summed E-state index contributed by atoms with van der Waals surface area (Å²) in [5, 5.41) is 9.72. The van der Waals surface area contributed by atoms with Crippen LogP contribution in [0.1, 0.15) is 27.2 Å². The van der Waals surface area contributed by atoms with Gasteiger partial charge in [0.1, 0.15) is 22.7 Å². The molecule has 0 amide bonds. The van der Waals surface area contributed by atoms with E-state index in [1.807, 2.05) is 0 Å². The number of rotatable bonds is 6. The van der Waals surface area contributed by atoms with Gasteiger partial charge in [-0.25, -0.2) is 13.8 Å². The van der Waals surface area contributed by atoms with E-state index >= 15 is 0 Å². The molecule has 4 nitrogen and oxygen atoms in total. The fourth-order valence-corrected chi connectivity index (χ4v) is 3.08. The fourth-order valence-electron chi connectivity index (χ4n) is 2.13. The standard InChI is InChI=1S/C17H14F2N2O2S/c1-10-5-11(8-23-2)14(7-20)17(21-10)24-9-16(22)13-4-3-12(18)6-15(13)19/h3-6H,8-9H2,1-2H3. The number of Topliss-reactive ketones (excluding diaryl/α,β-unsaturated/α-hetero) is 1. The number of halogens is 2. The summed E-state index contributed by atoms with van der Waals surface area (Å²) < 4.78 is 31.6. The highest BCUT2D eigenvalue weighted by Gasteiger charge is 2.16. The van der Waals surface area contributed by atoms with Gasteiger partial charge in [0.05, 0.1) is 23.5 Å². The number of hydrogen-bond acceptors (Lipinski definition) is 5. The minimum atomic E-state index is -0.904. The van der Waals surface area contributed by atoms with Gasteiger partial charge in [-0.05, 0) is 30.7 Å². The molecule has 0 radical (unpaired) electrons. The van der Waals surface area contributed by atoms with Crippen LogP contribution in [-0.2, 0) is 11.3 Å². The van der Waals surface area contributed by atoms with E-state index in [0.717, 1.165) is 23.9 Å². The van der Waals surface area contributed by atoms with Gasteiger partial charge in [-0.15, -0.1) is 0 Å². The Bertz CT molecular complexity index is 819. The van der Waals surface area contributed by atoms with Crippen molar-refractivity contribution in [1.29, 1.82) is 5.26 Å². The van der Waals surface area contributed by atoms with Crippen LogP contribution in [0.3, 0.4) is 0 Å². The molecule has 2 rings (SSSR count). The molecule has 7 heteroatoms. The molecule has 0 N–H and O–H groups in total. The number of thioether (sulfide) groups is 1. The first-order valence-corrected chi connectivity index (χ1v) is 7.95. The zero-order valence-corrected chi connectivity index (χ0v) is 13.9. The van der Waals surface area contributed by atoms with Crippen molar-refractivity contribution in [3.05, 3.63) is 58.3 Å². The number of methoxy groups -OCH3 is 1. The van der Waals surface area contributed by atoms with Crippen LogP contribution in [0.5, 0.6) is 0 Å². The quantitative estimate of drug-likeness (QED) is 0.589. The van der Waals surface area contributed by atoms with Crippen LogP contribution in [0.25, 0.3) is 0 Å². The zero-order valence-electron chi connectivity index (χ0n) is 13.1. The van der Waals surface area contributed by atoms with E-state index in [1.165, 1.54) is 7.11 Å². The van der Waals surface area contributed by atoms with Gasteiger partial charge >= 0.3 is 0 Å². The predicted molar refractivity (Wildman–Crippen MR) is 85.8 cm³/mol. The number of hydrogen-bond donors (Lipinski definition) is 0. The third-order valence-electron chi connectivity index (χ3n) is 3.18. The van der Waals surface area contributed by atoms with Crippen LogP contribution in [0.15, 0.2) is 29.3 Å². The van der Waals surface area contributed by atoms with Crippen molar-refractivity contribution in [2.24, 2.45) is 0 Å². The first-order valence-electron chi connectivity index (χ1n) is 6.97. The number of benzene rings is 1. The van der Waals surface area contributed by atoms with Gasteiger partial charge in [-0.2, -0.15) is 5.26 Å². The Morgan fingerprint density at radius 2 is 2.12 bits per heavy atom. The molecule has 1 aromatic carbocycles. The van der Waals surface area contributed by atoms with E-state index in [-0.39, 0.29) is 17.9 Å². The Kier molecular flexibility index (Phi) is 6.01. The zero-order chi connectivity index (χ0) is 17.7. The summed E-state index contributed by atoms with van der Waals surface area (Å²) in [6.45, 7) is 2.02. The monoisotopic (exact) mass is 348 g/mol. The van der Waals surface area contributed by atoms with Crippen molar-refractivity contribution in [2.75, 3.05) is 12.9 Å². The van der Waals surface area contributed by atoms with Crippen molar-refractivity contribution in [3.63, 3.8) is 0 Å². The molecule has 0 atom stereocenters. The number of aryl methyl sites for hydroxylation is 1. The van der Waals surface area contributed by atoms with Crippen LogP contribution in [-0.4, -0.2) is 23.6 Å². The van der Waals surface area contributed by atoms with Crippen LogP contribution < -0.4 is 0 Å². The molecule has 0 saturated heterocycles. The summed E-state index contributed by atoms with van der Waals surface area (Å²) in [6, 6.07) is 6.61. The van der Waals surface area contributed by atoms with Crippen molar-refractivity contribution in [3.8, 4) is 6.07 Å². The van der Waals surface area contributed by atoms with Gasteiger partial charge in [-0.1, -0.05) is 11.8 Å². The maximum atomic E-state index is 13.6. The van der Waals surface area contributed by atoms with E-state index in [0.29, 0.717) is 27.9 Å². The lowest BCUT2D eigenvalue weighted by molar-refractivity contribution is 0.101. The normalized spacial score (nSPS) is 10.5. The van der Waals surface area contributed by atoms with Gasteiger partial charge in [0.25, 0.3) is 0 Å². The highest BCUT2D eigenvalue weighted by atomic mass is 32.2. The maximum Gasteiger partial charge on any atom is 0.176 e. The van der Waals surface area contributed by atoms with Crippen molar-refractivity contribution < 1.29 is 18.3 Å². The third-order valence-corrected chi connectivity index (χ3v) is 4.15. The number of nitriles is 1. The minimum absolute atomic E-state index is 0.111. The Morgan fingerprint density at radius 3 is 2.75 bits per heavy atom.